The minimum absolute atomic E-state index is 0.0715. The molecule has 2 heterocycles. The van der Waals surface area contributed by atoms with Gasteiger partial charge in [0.15, 0.2) is 0 Å². The van der Waals surface area contributed by atoms with Gasteiger partial charge in [-0.3, -0.25) is 14.9 Å². The minimum Gasteiger partial charge on any atom is -0.365 e. The minimum atomic E-state index is -4.68. The number of nitro groups is 1. The van der Waals surface area contributed by atoms with Crippen molar-refractivity contribution in [3.63, 3.8) is 0 Å². The van der Waals surface area contributed by atoms with Crippen LogP contribution < -0.4 is 10.2 Å². The molecule has 29 heavy (non-hydrogen) atoms. The van der Waals surface area contributed by atoms with Gasteiger partial charge in [0.2, 0.25) is 5.91 Å². The highest BCUT2D eigenvalue weighted by molar-refractivity contribution is 9.10. The van der Waals surface area contributed by atoms with Gasteiger partial charge in [-0.15, -0.1) is 0 Å². The van der Waals surface area contributed by atoms with Crippen LogP contribution >= 0.6 is 15.9 Å². The normalized spacial score (nSPS) is 17.1. The first-order valence-electron chi connectivity index (χ1n) is 8.68. The quantitative estimate of drug-likeness (QED) is 0.517. The van der Waals surface area contributed by atoms with Crippen molar-refractivity contribution in [2.45, 2.75) is 19.0 Å². The van der Waals surface area contributed by atoms with E-state index in [9.17, 15) is 28.1 Å². The molecule has 7 nitrogen and oxygen atoms in total. The van der Waals surface area contributed by atoms with Crippen LogP contribution in [0, 0.1) is 16.0 Å². The van der Waals surface area contributed by atoms with Crippen LogP contribution in [0.1, 0.15) is 18.4 Å². The van der Waals surface area contributed by atoms with Crippen molar-refractivity contribution in [2.24, 2.45) is 5.92 Å². The lowest BCUT2D eigenvalue weighted by atomic mass is 9.96. The van der Waals surface area contributed by atoms with E-state index in [0.717, 1.165) is 16.6 Å². The largest absolute Gasteiger partial charge is 0.416 e. The second kappa shape index (κ2) is 8.36. The molecule has 11 heteroatoms. The lowest BCUT2D eigenvalue weighted by Crippen LogP contribution is -2.41. The Labute approximate surface area is 172 Å². The van der Waals surface area contributed by atoms with E-state index >= 15 is 0 Å². The highest BCUT2D eigenvalue weighted by Gasteiger charge is 2.35. The molecule has 1 N–H and O–H groups in total. The van der Waals surface area contributed by atoms with Gasteiger partial charge in [-0.25, -0.2) is 4.98 Å². The maximum atomic E-state index is 12.9. The SMILES string of the molecule is O=C(Nc1ccc(Br)cn1)C1CCCN(c2ccc(C(F)(F)F)cc2[N+](=O)[O-])C1. The molecule has 1 aromatic heterocycles. The summed E-state index contributed by atoms with van der Waals surface area (Å²) >= 11 is 3.25. The van der Waals surface area contributed by atoms with Crippen molar-refractivity contribution in [1.29, 1.82) is 0 Å². The van der Waals surface area contributed by atoms with Crippen molar-refractivity contribution >= 4 is 39.0 Å². The number of anilines is 2. The standard InChI is InChI=1S/C18H16BrF3N4O3/c19-13-4-6-16(23-9-13)24-17(27)11-2-1-7-25(10-11)14-5-3-12(18(20,21)22)8-15(14)26(28)29/h3-6,8-9,11H,1-2,7,10H2,(H,23,24,27). The van der Waals surface area contributed by atoms with Crippen LogP contribution in [-0.4, -0.2) is 28.9 Å². The van der Waals surface area contributed by atoms with E-state index < -0.39 is 28.3 Å². The number of aromatic nitrogens is 1. The Bertz CT molecular complexity index is 922. The highest BCUT2D eigenvalue weighted by atomic mass is 79.9. The molecule has 3 rings (SSSR count). The fourth-order valence-corrected chi connectivity index (χ4v) is 3.44. The summed E-state index contributed by atoms with van der Waals surface area (Å²) in [7, 11) is 0. The number of carbonyl (C=O) groups excluding carboxylic acids is 1. The second-order valence-electron chi connectivity index (χ2n) is 6.59. The van der Waals surface area contributed by atoms with Gasteiger partial charge in [0.25, 0.3) is 5.69 Å². The molecule has 2 aromatic rings. The summed E-state index contributed by atoms with van der Waals surface area (Å²) in [5.41, 5.74) is -1.64. The number of alkyl halides is 3. The van der Waals surface area contributed by atoms with E-state index in [4.69, 9.17) is 0 Å². The van der Waals surface area contributed by atoms with Gasteiger partial charge in [0, 0.05) is 29.8 Å². The molecular weight excluding hydrogens is 457 g/mol. The molecule has 1 aliphatic heterocycles. The Balaban J connectivity index is 1.78. The van der Waals surface area contributed by atoms with Crippen LogP contribution in [0.5, 0.6) is 0 Å². The zero-order valence-electron chi connectivity index (χ0n) is 14.9. The summed E-state index contributed by atoms with van der Waals surface area (Å²) in [6, 6.07) is 5.80. The number of nitro benzene ring substituents is 1. The number of halogens is 4. The Morgan fingerprint density at radius 2 is 2.07 bits per heavy atom. The van der Waals surface area contributed by atoms with E-state index in [1.165, 1.54) is 6.20 Å². The van der Waals surface area contributed by atoms with Gasteiger partial charge < -0.3 is 10.2 Å². The Morgan fingerprint density at radius 1 is 1.31 bits per heavy atom. The zero-order valence-corrected chi connectivity index (χ0v) is 16.5. The third-order valence-electron chi connectivity index (χ3n) is 4.61. The Kier molecular flexibility index (Phi) is 6.06. The molecule has 1 atom stereocenters. The number of piperidine rings is 1. The molecule has 0 bridgehead atoms. The van der Waals surface area contributed by atoms with Crippen molar-refractivity contribution in [1.82, 2.24) is 4.98 Å². The maximum absolute atomic E-state index is 12.9. The van der Waals surface area contributed by atoms with E-state index in [-0.39, 0.29) is 18.1 Å². The predicted molar refractivity (Wildman–Crippen MR) is 104 cm³/mol. The summed E-state index contributed by atoms with van der Waals surface area (Å²) < 4.78 is 39.5. The number of carbonyl (C=O) groups is 1. The van der Waals surface area contributed by atoms with Gasteiger partial charge in [0.1, 0.15) is 11.5 Å². The number of nitrogens with zero attached hydrogens (tertiary/aromatic N) is 3. The predicted octanol–water partition coefficient (Wildman–Crippen LogP) is 4.63. The van der Waals surface area contributed by atoms with Crippen molar-refractivity contribution in [2.75, 3.05) is 23.3 Å². The number of hydrogen-bond donors (Lipinski definition) is 1. The van der Waals surface area contributed by atoms with Crippen LogP contribution in [0.2, 0.25) is 0 Å². The van der Waals surface area contributed by atoms with Gasteiger partial charge in [-0.05, 0) is 53.0 Å². The number of rotatable bonds is 4. The topological polar surface area (TPSA) is 88.4 Å². The van der Waals surface area contributed by atoms with E-state index in [2.05, 4.69) is 26.2 Å². The number of hydrogen-bond acceptors (Lipinski definition) is 5. The van der Waals surface area contributed by atoms with E-state index in [1.54, 1.807) is 17.0 Å². The Hall–Kier alpha value is -2.69. The lowest BCUT2D eigenvalue weighted by Gasteiger charge is -2.33. The molecule has 0 spiro atoms. The van der Waals surface area contributed by atoms with Gasteiger partial charge in [0.05, 0.1) is 16.4 Å². The third kappa shape index (κ3) is 5.03. The summed E-state index contributed by atoms with van der Waals surface area (Å²) in [6.45, 7) is 0.571. The summed E-state index contributed by atoms with van der Waals surface area (Å²) in [5.74, 6) is -0.397. The van der Waals surface area contributed by atoms with Crippen LogP contribution in [0.3, 0.4) is 0 Å². The molecule has 1 unspecified atom stereocenters. The fraction of sp³-hybridized carbons (Fsp3) is 0.333. The van der Waals surface area contributed by atoms with Crippen LogP contribution in [-0.2, 0) is 11.0 Å². The molecule has 154 valence electrons. The first-order valence-corrected chi connectivity index (χ1v) is 9.47. The van der Waals surface area contributed by atoms with Crippen molar-refractivity contribution < 1.29 is 22.9 Å². The summed E-state index contributed by atoms with van der Waals surface area (Å²) in [6.07, 6.45) is -2.00. The molecule has 1 aliphatic rings. The molecule has 1 saturated heterocycles. The Morgan fingerprint density at radius 3 is 2.69 bits per heavy atom. The number of amides is 1. The molecule has 0 saturated carbocycles. The number of pyridine rings is 1. The monoisotopic (exact) mass is 472 g/mol. The van der Waals surface area contributed by atoms with Gasteiger partial charge in [-0.1, -0.05) is 0 Å². The number of benzene rings is 1. The lowest BCUT2D eigenvalue weighted by molar-refractivity contribution is -0.384. The average Bonchev–Trinajstić information content (AvgIpc) is 2.68. The fourth-order valence-electron chi connectivity index (χ4n) is 3.20. The smallest absolute Gasteiger partial charge is 0.365 e. The second-order valence-corrected chi connectivity index (χ2v) is 7.51. The first kappa shape index (κ1) is 21.0. The molecule has 0 radical (unpaired) electrons. The van der Waals surface area contributed by atoms with Gasteiger partial charge >= 0.3 is 6.18 Å². The summed E-state index contributed by atoms with van der Waals surface area (Å²) in [4.78, 5) is 28.7. The molecule has 1 aromatic carbocycles. The molecule has 1 amide bonds. The van der Waals surface area contributed by atoms with E-state index in [1.807, 2.05) is 0 Å². The highest BCUT2D eigenvalue weighted by Crippen LogP contribution is 2.37. The van der Waals surface area contributed by atoms with Crippen molar-refractivity contribution in [3.8, 4) is 0 Å². The molecular formula is C18H16BrF3N4O3. The average molecular weight is 473 g/mol. The van der Waals surface area contributed by atoms with Crippen LogP contribution in [0.4, 0.5) is 30.4 Å². The third-order valence-corrected chi connectivity index (χ3v) is 5.08. The molecule has 0 aliphatic carbocycles. The van der Waals surface area contributed by atoms with Crippen LogP contribution in [0.15, 0.2) is 41.0 Å². The van der Waals surface area contributed by atoms with Crippen LogP contribution in [0.25, 0.3) is 0 Å². The van der Waals surface area contributed by atoms with Gasteiger partial charge in [-0.2, -0.15) is 13.2 Å². The molecule has 1 fully saturated rings. The first-order chi connectivity index (χ1) is 13.6. The maximum Gasteiger partial charge on any atom is 0.416 e. The number of nitrogens with one attached hydrogen (secondary N) is 1. The van der Waals surface area contributed by atoms with E-state index in [0.29, 0.717) is 31.3 Å². The zero-order chi connectivity index (χ0) is 21.2. The summed E-state index contributed by atoms with van der Waals surface area (Å²) in [5, 5.41) is 14.0. The van der Waals surface area contributed by atoms with Crippen molar-refractivity contribution in [3.05, 3.63) is 56.7 Å².